The Hall–Kier alpha value is -1.74. The summed E-state index contributed by atoms with van der Waals surface area (Å²) in [7, 11) is -3.01. The third kappa shape index (κ3) is 4.41. The van der Waals surface area contributed by atoms with Crippen molar-refractivity contribution in [3.63, 3.8) is 0 Å². The molecule has 1 fully saturated rings. The molecule has 9 heteroatoms. The Morgan fingerprint density at radius 2 is 2.17 bits per heavy atom. The number of piperidine rings is 1. The van der Waals surface area contributed by atoms with Crippen LogP contribution in [-0.4, -0.2) is 53.2 Å². The Bertz CT molecular complexity index is 834. The lowest BCUT2D eigenvalue weighted by Crippen LogP contribution is -2.46. The average molecular weight is 368 g/mol. The standard InChI is InChI=1S/C15H20N4O3S2/c1-24(21,22)10-12-3-2-6-19(9-12)15(20)16-8-11-4-5-13-14(7-11)18-23-17-13/h4-5,7,12H,2-3,6,8-10H2,1H3,(H,16,20)/t12-/m1/s1. The zero-order valence-electron chi connectivity index (χ0n) is 13.4. The van der Waals surface area contributed by atoms with Gasteiger partial charge in [-0.15, -0.1) is 0 Å². The van der Waals surface area contributed by atoms with Crippen LogP contribution in [0.1, 0.15) is 18.4 Å². The highest BCUT2D eigenvalue weighted by molar-refractivity contribution is 7.90. The van der Waals surface area contributed by atoms with E-state index in [1.807, 2.05) is 18.2 Å². The molecule has 1 atom stereocenters. The van der Waals surface area contributed by atoms with Gasteiger partial charge in [-0.05, 0) is 36.5 Å². The Labute approximate surface area is 145 Å². The van der Waals surface area contributed by atoms with Crippen molar-refractivity contribution in [1.82, 2.24) is 19.0 Å². The minimum absolute atomic E-state index is 0.0249. The van der Waals surface area contributed by atoms with Crippen molar-refractivity contribution in [1.29, 1.82) is 0 Å². The Balaban J connectivity index is 1.56. The second-order valence-electron chi connectivity index (χ2n) is 6.29. The fourth-order valence-corrected chi connectivity index (χ4v) is 4.69. The molecule has 0 radical (unpaired) electrons. The van der Waals surface area contributed by atoms with Gasteiger partial charge < -0.3 is 10.2 Å². The molecule has 2 aromatic rings. The van der Waals surface area contributed by atoms with Gasteiger partial charge in [-0.1, -0.05) is 6.07 Å². The second kappa shape index (κ2) is 7.02. The van der Waals surface area contributed by atoms with Crippen molar-refractivity contribution < 1.29 is 13.2 Å². The van der Waals surface area contributed by atoms with E-state index >= 15 is 0 Å². The Morgan fingerprint density at radius 3 is 2.96 bits per heavy atom. The molecule has 24 heavy (non-hydrogen) atoms. The van der Waals surface area contributed by atoms with E-state index in [1.165, 1.54) is 18.0 Å². The van der Waals surface area contributed by atoms with Gasteiger partial charge in [0.1, 0.15) is 20.9 Å². The maximum absolute atomic E-state index is 12.3. The molecule has 1 aromatic carbocycles. The van der Waals surface area contributed by atoms with E-state index < -0.39 is 9.84 Å². The molecule has 0 spiro atoms. The van der Waals surface area contributed by atoms with Crippen LogP contribution in [0.25, 0.3) is 11.0 Å². The molecule has 7 nitrogen and oxygen atoms in total. The van der Waals surface area contributed by atoms with E-state index in [0.29, 0.717) is 19.6 Å². The summed E-state index contributed by atoms with van der Waals surface area (Å²) in [6, 6.07) is 5.59. The number of nitrogens with zero attached hydrogens (tertiary/aromatic N) is 3. The SMILES string of the molecule is CS(=O)(=O)C[C@@H]1CCCN(C(=O)NCc2ccc3nsnc3c2)C1. The number of hydrogen-bond acceptors (Lipinski definition) is 6. The van der Waals surface area contributed by atoms with Gasteiger partial charge >= 0.3 is 6.03 Å². The first-order valence-corrected chi connectivity index (χ1v) is 10.6. The van der Waals surface area contributed by atoms with Crippen LogP contribution in [0.4, 0.5) is 4.79 Å². The molecule has 0 bridgehead atoms. The molecule has 0 unspecified atom stereocenters. The second-order valence-corrected chi connectivity index (χ2v) is 9.01. The van der Waals surface area contributed by atoms with Gasteiger partial charge in [-0.2, -0.15) is 8.75 Å². The third-order valence-electron chi connectivity index (χ3n) is 4.11. The monoisotopic (exact) mass is 368 g/mol. The van der Waals surface area contributed by atoms with Crippen molar-refractivity contribution in [2.24, 2.45) is 5.92 Å². The smallest absolute Gasteiger partial charge is 0.317 e. The summed E-state index contributed by atoms with van der Waals surface area (Å²) >= 11 is 1.17. The van der Waals surface area contributed by atoms with E-state index in [1.54, 1.807) is 4.90 Å². The zero-order valence-corrected chi connectivity index (χ0v) is 15.1. The van der Waals surface area contributed by atoms with Crippen molar-refractivity contribution in [2.75, 3.05) is 25.1 Å². The molecule has 2 amide bonds. The first-order chi connectivity index (χ1) is 11.4. The van der Waals surface area contributed by atoms with Crippen LogP contribution in [0.15, 0.2) is 18.2 Å². The highest BCUT2D eigenvalue weighted by Crippen LogP contribution is 2.18. The number of benzene rings is 1. The molecule has 3 rings (SSSR count). The summed E-state index contributed by atoms with van der Waals surface area (Å²) in [6.07, 6.45) is 2.93. The lowest BCUT2D eigenvalue weighted by atomic mass is 10.0. The van der Waals surface area contributed by atoms with Gasteiger partial charge in [0.25, 0.3) is 0 Å². The van der Waals surface area contributed by atoms with Gasteiger partial charge in [0.05, 0.1) is 17.5 Å². The molecule has 1 aliphatic rings. The number of urea groups is 1. The summed E-state index contributed by atoms with van der Waals surface area (Å²) in [5, 5.41) is 2.90. The number of carbonyl (C=O) groups is 1. The zero-order chi connectivity index (χ0) is 17.2. The highest BCUT2D eigenvalue weighted by Gasteiger charge is 2.25. The number of amides is 2. The quantitative estimate of drug-likeness (QED) is 0.886. The number of fused-ring (bicyclic) bond motifs is 1. The minimum atomic E-state index is -3.01. The highest BCUT2D eigenvalue weighted by atomic mass is 32.2. The molecular formula is C15H20N4O3S2. The summed E-state index contributed by atoms with van der Waals surface area (Å²) in [4.78, 5) is 14.0. The predicted molar refractivity (Wildman–Crippen MR) is 93.7 cm³/mol. The van der Waals surface area contributed by atoms with Gasteiger partial charge in [0, 0.05) is 25.9 Å². The van der Waals surface area contributed by atoms with E-state index in [-0.39, 0.29) is 17.7 Å². The molecule has 1 N–H and O–H groups in total. The van der Waals surface area contributed by atoms with Crippen molar-refractivity contribution in [2.45, 2.75) is 19.4 Å². The number of carbonyl (C=O) groups excluding carboxylic acids is 1. The maximum atomic E-state index is 12.3. The van der Waals surface area contributed by atoms with Crippen LogP contribution in [0.5, 0.6) is 0 Å². The molecule has 1 aromatic heterocycles. The van der Waals surface area contributed by atoms with Crippen LogP contribution in [0.2, 0.25) is 0 Å². The first-order valence-electron chi connectivity index (χ1n) is 7.82. The van der Waals surface area contributed by atoms with Crippen molar-refractivity contribution in [3.05, 3.63) is 23.8 Å². The molecule has 1 saturated heterocycles. The molecule has 0 aliphatic carbocycles. The maximum Gasteiger partial charge on any atom is 0.317 e. The molecule has 2 heterocycles. The number of sulfone groups is 1. The van der Waals surface area contributed by atoms with Crippen LogP contribution < -0.4 is 5.32 Å². The van der Waals surface area contributed by atoms with E-state index in [4.69, 9.17) is 0 Å². The van der Waals surface area contributed by atoms with Crippen LogP contribution in [0, 0.1) is 5.92 Å². The van der Waals surface area contributed by atoms with Crippen LogP contribution >= 0.6 is 11.7 Å². The molecule has 0 saturated carbocycles. The number of nitrogens with one attached hydrogen (secondary N) is 1. The molecular weight excluding hydrogens is 348 g/mol. The van der Waals surface area contributed by atoms with Gasteiger partial charge in [-0.25, -0.2) is 13.2 Å². The average Bonchev–Trinajstić information content (AvgIpc) is 2.98. The van der Waals surface area contributed by atoms with Gasteiger partial charge in [0.2, 0.25) is 0 Å². The summed E-state index contributed by atoms with van der Waals surface area (Å²) in [5.41, 5.74) is 2.65. The van der Waals surface area contributed by atoms with Crippen molar-refractivity contribution >= 4 is 38.6 Å². The topological polar surface area (TPSA) is 92.3 Å². The number of rotatable bonds is 4. The van der Waals surface area contributed by atoms with Gasteiger partial charge in [0.15, 0.2) is 0 Å². The number of likely N-dealkylation sites (tertiary alicyclic amines) is 1. The lowest BCUT2D eigenvalue weighted by Gasteiger charge is -2.32. The largest absolute Gasteiger partial charge is 0.334 e. The fraction of sp³-hybridized carbons (Fsp3) is 0.533. The third-order valence-corrected chi connectivity index (χ3v) is 5.74. The van der Waals surface area contributed by atoms with Crippen molar-refractivity contribution in [3.8, 4) is 0 Å². The summed E-state index contributed by atoms with van der Waals surface area (Å²) in [6.45, 7) is 1.58. The fourth-order valence-electron chi connectivity index (χ4n) is 3.04. The first kappa shape index (κ1) is 17.1. The van der Waals surface area contributed by atoms with E-state index in [2.05, 4.69) is 14.1 Å². The molecule has 1 aliphatic heterocycles. The molecule has 130 valence electrons. The normalized spacial score (nSPS) is 18.7. The number of aromatic nitrogens is 2. The van der Waals surface area contributed by atoms with E-state index in [9.17, 15) is 13.2 Å². The Morgan fingerprint density at radius 1 is 1.38 bits per heavy atom. The predicted octanol–water partition coefficient (Wildman–Crippen LogP) is 1.66. The lowest BCUT2D eigenvalue weighted by molar-refractivity contribution is 0.170. The Kier molecular flexibility index (Phi) is 5.00. The van der Waals surface area contributed by atoms with Crippen LogP contribution in [-0.2, 0) is 16.4 Å². The van der Waals surface area contributed by atoms with Crippen LogP contribution in [0.3, 0.4) is 0 Å². The van der Waals surface area contributed by atoms with E-state index in [0.717, 1.165) is 29.4 Å². The van der Waals surface area contributed by atoms with Gasteiger partial charge in [-0.3, -0.25) is 0 Å². The number of hydrogen-bond donors (Lipinski definition) is 1. The summed E-state index contributed by atoms with van der Waals surface area (Å²) < 4.78 is 31.2. The summed E-state index contributed by atoms with van der Waals surface area (Å²) in [5.74, 6) is 0.168. The minimum Gasteiger partial charge on any atom is -0.334 e.